The largest absolute Gasteiger partial charge is 2.00 e. The first-order valence-corrected chi connectivity index (χ1v) is 19.9. The Labute approximate surface area is 348 Å². The fourth-order valence-electron chi connectivity index (χ4n) is 6.42. The minimum Gasteiger partial charge on any atom is -0.744 e. The van der Waals surface area contributed by atoms with Crippen molar-refractivity contribution < 1.29 is 52.6 Å². The number of carbonyl (C=O) groups excluding carboxylic acids is 2. The van der Waals surface area contributed by atoms with Gasteiger partial charge < -0.3 is 20.6 Å². The van der Waals surface area contributed by atoms with E-state index in [0.717, 1.165) is 0 Å². The maximum Gasteiger partial charge on any atom is 2.00 e. The number of fused-ring (bicyclic) bond motifs is 8. The van der Waals surface area contributed by atoms with Gasteiger partial charge in [0, 0.05) is 57.7 Å². The molecule has 0 bridgehead atoms. The van der Waals surface area contributed by atoms with Crippen LogP contribution in [-0.2, 0) is 37.3 Å². The second-order valence-electron chi connectivity index (χ2n) is 12.6. The molecule has 4 aromatic carbocycles. The Kier molecular flexibility index (Phi) is 12.1. The second kappa shape index (κ2) is 17.0. The molecule has 0 saturated carbocycles. The van der Waals surface area contributed by atoms with Gasteiger partial charge in [-0.3, -0.25) is 29.5 Å². The maximum absolute atomic E-state index is 11.8. The molecule has 4 aromatic heterocycles. The van der Waals surface area contributed by atoms with E-state index >= 15 is 0 Å². The van der Waals surface area contributed by atoms with Gasteiger partial charge in [-0.1, -0.05) is 48.5 Å². The quantitative estimate of drug-likeness (QED) is 0.114. The molecule has 4 N–H and O–H groups in total. The van der Waals surface area contributed by atoms with Crippen molar-refractivity contribution in [1.82, 2.24) is 19.9 Å². The second-order valence-corrected chi connectivity index (χ2v) is 15.3. The van der Waals surface area contributed by atoms with Gasteiger partial charge in [-0.25, -0.2) is 16.8 Å². The van der Waals surface area contributed by atoms with Crippen molar-refractivity contribution in [3.05, 3.63) is 168 Å². The molecule has 1 radical (unpaired) electrons. The fraction of sp³-hybridized carbons (Fsp3) is 0. The molecule has 0 spiro atoms. The number of ketones is 2. The number of rotatable bonds is 2. The maximum atomic E-state index is 11.8. The third kappa shape index (κ3) is 8.47. The molecule has 0 fully saturated rings. The van der Waals surface area contributed by atoms with E-state index in [1.165, 1.54) is 24.3 Å². The van der Waals surface area contributed by atoms with Crippen molar-refractivity contribution >= 4 is 64.7 Å². The Morgan fingerprint density at radius 2 is 0.661 bits per heavy atom. The zero-order valence-corrected chi connectivity index (χ0v) is 32.8. The van der Waals surface area contributed by atoms with E-state index in [9.17, 15) is 35.5 Å². The number of nitrogens with two attached hydrogens (primary N) is 2. The summed E-state index contributed by atoms with van der Waals surface area (Å²) in [6.45, 7) is 0. The van der Waals surface area contributed by atoms with E-state index < -0.39 is 20.2 Å². The van der Waals surface area contributed by atoms with E-state index in [0.29, 0.717) is 77.9 Å². The predicted octanol–water partition coefficient (Wildman–Crippen LogP) is 6.03. The van der Waals surface area contributed by atoms with E-state index in [2.05, 4.69) is 19.9 Å². The summed E-state index contributed by atoms with van der Waals surface area (Å²) >= 11 is 0. The number of pyridine rings is 4. The summed E-state index contributed by atoms with van der Waals surface area (Å²) in [4.78, 5) is 39.8. The van der Waals surface area contributed by atoms with Crippen LogP contribution in [0.2, 0.25) is 0 Å². The summed E-state index contributed by atoms with van der Waals surface area (Å²) < 4.78 is 65.8. The van der Waals surface area contributed by atoms with Crippen molar-refractivity contribution in [1.29, 1.82) is 0 Å². The Morgan fingerprint density at radius 1 is 0.390 bits per heavy atom. The smallest absolute Gasteiger partial charge is 0.744 e. The first-order valence-electron chi connectivity index (χ1n) is 17.1. The standard InChI is InChI=1S/2C11H6N2O.2C10H9NO3S.Cu/c2*14-11-7-3-1-5-12-9(7)10-8(11)4-2-6-13-10;2*11-9-5-6-10(15(12,13)14)8-4-2-1-3-7(8)9;/h2*1-6H;2*1-6H,11H2,(H,12,13,14);/q;;;;+2/p-2. The molecule has 2 aliphatic carbocycles. The number of carbonyl (C=O) groups is 2. The van der Waals surface area contributed by atoms with Gasteiger partial charge in [0.15, 0.2) is 11.6 Å². The molecule has 2 aliphatic rings. The molecule has 297 valence electrons. The van der Waals surface area contributed by atoms with Gasteiger partial charge in [0.2, 0.25) is 0 Å². The minimum absolute atomic E-state index is 0. The van der Waals surface area contributed by atoms with Crippen molar-refractivity contribution in [2.24, 2.45) is 0 Å². The molecule has 10 rings (SSSR count). The van der Waals surface area contributed by atoms with Gasteiger partial charge in [-0.15, -0.1) is 0 Å². The Hall–Kier alpha value is -6.72. The molecule has 4 heterocycles. The first kappa shape index (κ1) is 41.9. The number of nitrogen functional groups attached to an aromatic ring is 2. The van der Waals surface area contributed by atoms with E-state index in [-0.39, 0.29) is 38.4 Å². The minimum atomic E-state index is -4.45. The molecular formula is C42H28CuN6O8S2. The van der Waals surface area contributed by atoms with Gasteiger partial charge in [-0.2, -0.15) is 0 Å². The predicted molar refractivity (Wildman–Crippen MR) is 214 cm³/mol. The summed E-state index contributed by atoms with van der Waals surface area (Å²) in [6.07, 6.45) is 6.71. The Balaban J connectivity index is 0.000000132. The summed E-state index contributed by atoms with van der Waals surface area (Å²) in [5.74, 6) is 0.0485. The molecular weight excluding hydrogens is 844 g/mol. The number of benzene rings is 4. The summed E-state index contributed by atoms with van der Waals surface area (Å²) in [7, 11) is -8.90. The van der Waals surface area contributed by atoms with Crippen LogP contribution in [-0.4, -0.2) is 57.4 Å². The summed E-state index contributed by atoms with van der Waals surface area (Å²) in [5.41, 5.74) is 17.7. The van der Waals surface area contributed by atoms with Crippen LogP contribution >= 0.6 is 0 Å². The van der Waals surface area contributed by atoms with Crippen molar-refractivity contribution in [2.45, 2.75) is 9.79 Å². The number of anilines is 2. The number of hydrogen-bond acceptors (Lipinski definition) is 14. The van der Waals surface area contributed by atoms with Crippen LogP contribution in [0, 0.1) is 0 Å². The van der Waals surface area contributed by atoms with E-state index in [1.54, 1.807) is 122 Å². The van der Waals surface area contributed by atoms with E-state index in [4.69, 9.17) is 11.5 Å². The van der Waals surface area contributed by atoms with Crippen LogP contribution in [0.25, 0.3) is 44.3 Å². The van der Waals surface area contributed by atoms with Gasteiger partial charge in [0.05, 0.1) is 32.0 Å². The zero-order valence-electron chi connectivity index (χ0n) is 30.2. The first-order chi connectivity index (χ1) is 27.8. The number of hydrogen-bond donors (Lipinski definition) is 2. The average Bonchev–Trinajstić information content (AvgIpc) is 3.68. The average molecular weight is 872 g/mol. The molecule has 0 amide bonds. The Morgan fingerprint density at radius 3 is 0.932 bits per heavy atom. The summed E-state index contributed by atoms with van der Waals surface area (Å²) in [6, 6.07) is 32.8. The van der Waals surface area contributed by atoms with Gasteiger partial charge in [0.25, 0.3) is 0 Å². The number of aromatic nitrogens is 4. The van der Waals surface area contributed by atoms with Crippen LogP contribution < -0.4 is 11.5 Å². The van der Waals surface area contributed by atoms with E-state index in [1.807, 2.05) is 0 Å². The molecule has 17 heteroatoms. The molecule has 0 atom stereocenters. The van der Waals surface area contributed by atoms with Crippen LogP contribution in [0.5, 0.6) is 0 Å². The van der Waals surface area contributed by atoms with Crippen molar-refractivity contribution in [3.8, 4) is 22.8 Å². The molecule has 0 unspecified atom stereocenters. The Bertz CT molecular complexity index is 2860. The third-order valence-corrected chi connectivity index (χ3v) is 10.8. The zero-order chi connectivity index (χ0) is 41.2. The molecule has 0 aliphatic heterocycles. The third-order valence-electron chi connectivity index (χ3n) is 9.03. The SMILES string of the molecule is Nc1ccc(S(=O)(=O)[O-])c2ccccc12.Nc1ccc(S(=O)(=O)[O-])c2ccccc12.O=C1c2cccnc2-c2ncccc21.O=C1c2cccnc2-c2ncccc21.[Cu+2]. The van der Waals surface area contributed by atoms with Crippen LogP contribution in [0.4, 0.5) is 11.4 Å². The monoisotopic (exact) mass is 871 g/mol. The molecule has 0 saturated heterocycles. The van der Waals surface area contributed by atoms with Gasteiger partial charge in [0.1, 0.15) is 43.0 Å². The summed E-state index contributed by atoms with van der Waals surface area (Å²) in [5, 5.41) is 1.89. The fourth-order valence-corrected chi connectivity index (χ4v) is 7.79. The molecule has 8 aromatic rings. The van der Waals surface area contributed by atoms with Crippen molar-refractivity contribution in [2.75, 3.05) is 11.5 Å². The van der Waals surface area contributed by atoms with Gasteiger partial charge >= 0.3 is 17.1 Å². The van der Waals surface area contributed by atoms with Crippen LogP contribution in [0.3, 0.4) is 0 Å². The van der Waals surface area contributed by atoms with Crippen LogP contribution in [0.15, 0.2) is 156 Å². The molecule has 14 nitrogen and oxygen atoms in total. The van der Waals surface area contributed by atoms with Crippen molar-refractivity contribution in [3.63, 3.8) is 0 Å². The molecule has 59 heavy (non-hydrogen) atoms. The van der Waals surface area contributed by atoms with Crippen LogP contribution in [0.1, 0.15) is 31.8 Å². The topological polar surface area (TPSA) is 252 Å². The van der Waals surface area contributed by atoms with Gasteiger partial charge in [-0.05, 0) is 72.8 Å². The normalized spacial score (nSPS) is 11.9. The number of nitrogens with zero attached hydrogens (tertiary/aromatic N) is 4.